The summed E-state index contributed by atoms with van der Waals surface area (Å²) in [5.74, 6) is 0.727. The first-order valence-corrected chi connectivity index (χ1v) is 9.44. The Hall–Kier alpha value is -2.76. The van der Waals surface area contributed by atoms with E-state index in [9.17, 15) is 15.3 Å². The minimum absolute atomic E-state index is 0.0648. The molecule has 1 aliphatic rings. The number of methoxy groups -OCH3 is 1. The number of phenols is 2. The van der Waals surface area contributed by atoms with Crippen molar-refractivity contribution < 1.29 is 20.1 Å². The van der Waals surface area contributed by atoms with Gasteiger partial charge in [0.05, 0.1) is 18.6 Å². The van der Waals surface area contributed by atoms with E-state index in [4.69, 9.17) is 4.74 Å². The van der Waals surface area contributed by atoms with Gasteiger partial charge in [0.1, 0.15) is 17.2 Å². The fourth-order valence-corrected chi connectivity index (χ4v) is 4.32. The number of hydrogen-bond acceptors (Lipinski definition) is 5. The normalized spacial score (nSPS) is 21.5. The summed E-state index contributed by atoms with van der Waals surface area (Å²) in [4.78, 5) is 0. The van der Waals surface area contributed by atoms with Gasteiger partial charge in [0.15, 0.2) is 0 Å². The van der Waals surface area contributed by atoms with Gasteiger partial charge >= 0.3 is 0 Å². The fourth-order valence-electron chi connectivity index (χ4n) is 4.32. The molecule has 1 heterocycles. The van der Waals surface area contributed by atoms with Crippen LogP contribution in [-0.2, 0) is 0 Å². The highest BCUT2D eigenvalue weighted by Crippen LogP contribution is 2.47. The van der Waals surface area contributed by atoms with Gasteiger partial charge in [-0.15, -0.1) is 0 Å². The molecule has 0 aromatic heterocycles. The third-order valence-corrected chi connectivity index (χ3v) is 5.70. The maximum atomic E-state index is 11.0. The number of phenolic OH excluding ortho intramolecular Hbond substituents is 2. The standard InChI is InChI=1S/C23H25NO4/c1-11-9-14-5-6-15(23(27)20(14)18(10-11)28-4)16-7-8-17-19(22(16)26)12(2)24-13(3)21(17)25/h5-10,12-13,21,24-27H,1-4H3/t12-,13-,21+/m1/s1. The Morgan fingerprint density at radius 2 is 1.64 bits per heavy atom. The number of fused-ring (bicyclic) bond motifs is 2. The molecule has 0 radical (unpaired) electrons. The largest absolute Gasteiger partial charge is 0.507 e. The molecule has 0 amide bonds. The summed E-state index contributed by atoms with van der Waals surface area (Å²) in [6.45, 7) is 5.85. The number of ether oxygens (including phenoxy) is 1. The molecular weight excluding hydrogens is 354 g/mol. The Balaban J connectivity index is 1.96. The first kappa shape index (κ1) is 18.6. The lowest BCUT2D eigenvalue weighted by Gasteiger charge is -2.34. The molecule has 4 rings (SSSR count). The van der Waals surface area contributed by atoms with Gasteiger partial charge in [-0.05, 0) is 49.4 Å². The molecule has 146 valence electrons. The van der Waals surface area contributed by atoms with Gasteiger partial charge in [-0.25, -0.2) is 0 Å². The second kappa shape index (κ2) is 6.69. The molecule has 1 aliphatic heterocycles. The molecule has 3 aromatic carbocycles. The van der Waals surface area contributed by atoms with Crippen LogP contribution in [0.25, 0.3) is 21.9 Å². The summed E-state index contributed by atoms with van der Waals surface area (Å²) in [7, 11) is 1.58. The monoisotopic (exact) mass is 379 g/mol. The van der Waals surface area contributed by atoms with E-state index in [0.29, 0.717) is 33.4 Å². The lowest BCUT2D eigenvalue weighted by Crippen LogP contribution is -2.39. The quantitative estimate of drug-likeness (QED) is 0.533. The van der Waals surface area contributed by atoms with E-state index in [0.717, 1.165) is 10.9 Å². The number of hydrogen-bond donors (Lipinski definition) is 4. The Kier molecular flexibility index (Phi) is 4.44. The molecule has 28 heavy (non-hydrogen) atoms. The van der Waals surface area contributed by atoms with Crippen molar-refractivity contribution >= 4 is 10.8 Å². The van der Waals surface area contributed by atoms with Crippen LogP contribution >= 0.6 is 0 Å². The summed E-state index contributed by atoms with van der Waals surface area (Å²) in [5, 5.41) is 37.3. The van der Waals surface area contributed by atoms with Gasteiger partial charge in [-0.1, -0.05) is 24.3 Å². The molecule has 5 nitrogen and oxygen atoms in total. The van der Waals surface area contributed by atoms with Crippen molar-refractivity contribution in [3.8, 4) is 28.4 Å². The van der Waals surface area contributed by atoms with Crippen LogP contribution in [0.1, 0.15) is 42.7 Å². The van der Waals surface area contributed by atoms with E-state index in [1.54, 1.807) is 19.2 Å². The van der Waals surface area contributed by atoms with Gasteiger partial charge in [-0.2, -0.15) is 0 Å². The summed E-state index contributed by atoms with van der Waals surface area (Å²) < 4.78 is 5.48. The zero-order valence-electron chi connectivity index (χ0n) is 16.4. The second-order valence-corrected chi connectivity index (χ2v) is 7.61. The first-order valence-electron chi connectivity index (χ1n) is 9.44. The van der Waals surface area contributed by atoms with Gasteiger partial charge in [0.25, 0.3) is 0 Å². The topological polar surface area (TPSA) is 82.0 Å². The average Bonchev–Trinajstić information content (AvgIpc) is 2.66. The average molecular weight is 379 g/mol. The molecular formula is C23H25NO4. The maximum Gasteiger partial charge on any atom is 0.135 e. The zero-order chi connectivity index (χ0) is 20.2. The smallest absolute Gasteiger partial charge is 0.135 e. The molecule has 0 aliphatic carbocycles. The Labute approximate surface area is 164 Å². The second-order valence-electron chi connectivity index (χ2n) is 7.61. The number of aliphatic hydroxyl groups is 1. The van der Waals surface area contributed by atoms with Gasteiger partial charge < -0.3 is 25.4 Å². The van der Waals surface area contributed by atoms with Crippen LogP contribution in [0.2, 0.25) is 0 Å². The molecule has 3 atom stereocenters. The summed E-state index contributed by atoms with van der Waals surface area (Å²) >= 11 is 0. The Bertz CT molecular complexity index is 1080. The van der Waals surface area contributed by atoms with Crippen molar-refractivity contribution in [1.29, 1.82) is 0 Å². The predicted molar refractivity (Wildman–Crippen MR) is 110 cm³/mol. The lowest BCUT2D eigenvalue weighted by molar-refractivity contribution is 0.116. The van der Waals surface area contributed by atoms with E-state index in [1.165, 1.54) is 0 Å². The van der Waals surface area contributed by atoms with E-state index in [-0.39, 0.29) is 23.6 Å². The Morgan fingerprint density at radius 1 is 0.964 bits per heavy atom. The SMILES string of the molecule is COc1cc(C)cc2ccc(-c3ccc4c(c3O)[C@@H](C)N[C@H](C)[C@@H]4O)c(O)c12. The van der Waals surface area contributed by atoms with Gasteiger partial charge in [0.2, 0.25) is 0 Å². The van der Waals surface area contributed by atoms with Crippen LogP contribution in [0.15, 0.2) is 36.4 Å². The van der Waals surface area contributed by atoms with Crippen LogP contribution in [0.3, 0.4) is 0 Å². The molecule has 0 saturated heterocycles. The minimum atomic E-state index is -0.695. The number of nitrogens with one attached hydrogen (secondary N) is 1. The van der Waals surface area contributed by atoms with Crippen LogP contribution in [0, 0.1) is 6.92 Å². The van der Waals surface area contributed by atoms with Crippen molar-refractivity contribution in [2.45, 2.75) is 39.0 Å². The summed E-state index contributed by atoms with van der Waals surface area (Å²) in [6, 6.07) is 10.9. The van der Waals surface area contributed by atoms with Crippen LogP contribution in [0.4, 0.5) is 0 Å². The zero-order valence-corrected chi connectivity index (χ0v) is 16.4. The first-order chi connectivity index (χ1) is 13.3. The maximum absolute atomic E-state index is 11.0. The summed E-state index contributed by atoms with van der Waals surface area (Å²) in [6.07, 6.45) is -0.695. The number of aryl methyl sites for hydroxylation is 1. The van der Waals surface area contributed by atoms with Crippen LogP contribution < -0.4 is 10.1 Å². The van der Waals surface area contributed by atoms with E-state index >= 15 is 0 Å². The minimum Gasteiger partial charge on any atom is -0.507 e. The molecule has 0 saturated carbocycles. The number of aliphatic hydroxyl groups excluding tert-OH is 1. The number of benzene rings is 3. The van der Waals surface area contributed by atoms with Crippen molar-refractivity contribution in [1.82, 2.24) is 5.32 Å². The molecule has 0 bridgehead atoms. The van der Waals surface area contributed by atoms with Crippen molar-refractivity contribution in [3.05, 3.63) is 53.1 Å². The highest BCUT2D eigenvalue weighted by Gasteiger charge is 2.32. The van der Waals surface area contributed by atoms with E-state index < -0.39 is 6.10 Å². The van der Waals surface area contributed by atoms with Gasteiger partial charge in [-0.3, -0.25) is 0 Å². The molecule has 4 N–H and O–H groups in total. The van der Waals surface area contributed by atoms with Crippen LogP contribution in [0.5, 0.6) is 17.2 Å². The van der Waals surface area contributed by atoms with E-state index in [2.05, 4.69) is 5.32 Å². The predicted octanol–water partition coefficient (Wildman–Crippen LogP) is 4.32. The molecule has 3 aromatic rings. The Morgan fingerprint density at radius 3 is 2.36 bits per heavy atom. The fraction of sp³-hybridized carbons (Fsp3) is 0.304. The van der Waals surface area contributed by atoms with Crippen LogP contribution in [-0.4, -0.2) is 28.5 Å². The van der Waals surface area contributed by atoms with E-state index in [1.807, 2.05) is 45.0 Å². The molecule has 5 heteroatoms. The van der Waals surface area contributed by atoms with Gasteiger partial charge in [0, 0.05) is 28.8 Å². The van der Waals surface area contributed by atoms with Crippen molar-refractivity contribution in [3.63, 3.8) is 0 Å². The number of aromatic hydroxyl groups is 2. The van der Waals surface area contributed by atoms with Crippen molar-refractivity contribution in [2.75, 3.05) is 7.11 Å². The molecule has 0 unspecified atom stereocenters. The highest BCUT2D eigenvalue weighted by atomic mass is 16.5. The lowest BCUT2D eigenvalue weighted by atomic mass is 9.85. The van der Waals surface area contributed by atoms with Crippen molar-refractivity contribution in [2.24, 2.45) is 0 Å². The highest BCUT2D eigenvalue weighted by molar-refractivity contribution is 6.00. The number of rotatable bonds is 2. The third-order valence-electron chi connectivity index (χ3n) is 5.70. The third kappa shape index (κ3) is 2.70. The summed E-state index contributed by atoms with van der Waals surface area (Å²) in [5.41, 5.74) is 3.47. The molecule has 0 fully saturated rings. The molecule has 0 spiro atoms.